The number of hydrogen-bond donors (Lipinski definition) is 2. The smallest absolute Gasteiger partial charge is 0.253 e. The summed E-state index contributed by atoms with van der Waals surface area (Å²) in [5.41, 5.74) is 6.96. The Morgan fingerprint density at radius 2 is 1.85 bits per heavy atom. The van der Waals surface area contributed by atoms with Crippen molar-refractivity contribution >= 4 is 32.3 Å². The maximum absolute atomic E-state index is 13.8. The number of nitrogens with two attached hydrogens (primary N) is 1. The third-order valence-electron chi connectivity index (χ3n) is 8.31. The number of aryl methyl sites for hydroxylation is 2. The van der Waals surface area contributed by atoms with E-state index in [1.807, 2.05) is 54.6 Å². The largest absolute Gasteiger partial charge is 0.493 e. The maximum Gasteiger partial charge on any atom is 0.253 e. The van der Waals surface area contributed by atoms with Crippen LogP contribution in [0.1, 0.15) is 18.4 Å². The Bertz CT molecular complexity index is 1720. The average molecular weight is 560 g/mol. The van der Waals surface area contributed by atoms with Crippen molar-refractivity contribution in [3.05, 3.63) is 95.0 Å². The van der Waals surface area contributed by atoms with Crippen LogP contribution in [0, 0.1) is 5.41 Å². The third kappa shape index (κ3) is 4.82. The molecule has 7 rings (SSSR count). The molecule has 2 bridgehead atoms. The fourth-order valence-corrected chi connectivity index (χ4v) is 8.33. The standard InChI is InChI=1S/C30H33N5O4S/c1-34-14-11-23(16-27(34)36)39-21-29-17-30(18-29,19-33-26-9-5-8-25-24(26)10-13-32-28(25)31)35(20-29)40(37,38)15-12-22-6-3-2-4-7-22/h2-11,13-14,16,33H,12,15,17-21H2,1H3,(H2,31,32). The lowest BCUT2D eigenvalue weighted by molar-refractivity contribution is 0.0509. The van der Waals surface area contributed by atoms with E-state index < -0.39 is 15.6 Å². The lowest BCUT2D eigenvalue weighted by atomic mass is 9.62. The summed E-state index contributed by atoms with van der Waals surface area (Å²) in [6.07, 6.45) is 5.16. The van der Waals surface area contributed by atoms with Crippen LogP contribution in [0.4, 0.5) is 11.5 Å². The lowest BCUT2D eigenvalue weighted by Crippen LogP contribution is -2.56. The summed E-state index contributed by atoms with van der Waals surface area (Å²) < 4.78 is 36.9. The number of rotatable bonds is 10. The fraction of sp³-hybridized carbons (Fsp3) is 0.333. The minimum atomic E-state index is -3.56. The summed E-state index contributed by atoms with van der Waals surface area (Å²) >= 11 is 0. The minimum Gasteiger partial charge on any atom is -0.493 e. The number of nitrogen functional groups attached to an aromatic ring is 1. The predicted octanol–water partition coefficient (Wildman–Crippen LogP) is 3.41. The van der Waals surface area contributed by atoms with Crippen molar-refractivity contribution in [2.45, 2.75) is 24.8 Å². The molecule has 1 aliphatic carbocycles. The van der Waals surface area contributed by atoms with E-state index in [9.17, 15) is 13.2 Å². The van der Waals surface area contributed by atoms with Crippen molar-refractivity contribution in [1.29, 1.82) is 0 Å². The number of anilines is 2. The number of nitrogens with one attached hydrogen (secondary N) is 1. The van der Waals surface area contributed by atoms with Crippen LogP contribution in [0.3, 0.4) is 0 Å². The van der Waals surface area contributed by atoms with Crippen LogP contribution in [-0.4, -0.2) is 53.3 Å². The van der Waals surface area contributed by atoms with Crippen molar-refractivity contribution in [2.24, 2.45) is 12.5 Å². The van der Waals surface area contributed by atoms with Crippen molar-refractivity contribution in [3.63, 3.8) is 0 Å². The van der Waals surface area contributed by atoms with Crippen LogP contribution >= 0.6 is 0 Å². The first kappa shape index (κ1) is 26.3. The molecule has 0 spiro atoms. The zero-order valence-electron chi connectivity index (χ0n) is 22.4. The van der Waals surface area contributed by atoms with Crippen molar-refractivity contribution < 1.29 is 13.2 Å². The van der Waals surface area contributed by atoms with E-state index in [-0.39, 0.29) is 16.7 Å². The molecule has 2 aliphatic heterocycles. The van der Waals surface area contributed by atoms with Crippen molar-refractivity contribution in [3.8, 4) is 5.75 Å². The van der Waals surface area contributed by atoms with Crippen molar-refractivity contribution in [1.82, 2.24) is 13.9 Å². The Morgan fingerprint density at radius 3 is 2.62 bits per heavy atom. The minimum absolute atomic E-state index is 0.0426. The van der Waals surface area contributed by atoms with E-state index in [1.54, 1.807) is 29.8 Å². The number of sulfonamides is 1. The summed E-state index contributed by atoms with van der Waals surface area (Å²) in [6.45, 7) is 1.21. The van der Waals surface area contributed by atoms with Gasteiger partial charge in [0.25, 0.3) is 5.56 Å². The highest BCUT2D eigenvalue weighted by Gasteiger charge is 2.68. The van der Waals surface area contributed by atoms with Gasteiger partial charge in [-0.1, -0.05) is 42.5 Å². The monoisotopic (exact) mass is 559 g/mol. The van der Waals surface area contributed by atoms with Crippen LogP contribution in [0.5, 0.6) is 5.75 Å². The molecule has 9 nitrogen and oxygen atoms in total. The highest BCUT2D eigenvalue weighted by atomic mass is 32.2. The third-order valence-corrected chi connectivity index (χ3v) is 10.2. The van der Waals surface area contributed by atoms with Crippen LogP contribution in [0.2, 0.25) is 0 Å². The second kappa shape index (κ2) is 9.94. The summed E-state index contributed by atoms with van der Waals surface area (Å²) in [5.74, 6) is 1.00. The van der Waals surface area contributed by atoms with Gasteiger partial charge in [-0.2, -0.15) is 4.31 Å². The predicted molar refractivity (Wildman–Crippen MR) is 157 cm³/mol. The Morgan fingerprint density at radius 1 is 1.05 bits per heavy atom. The maximum atomic E-state index is 13.8. The van der Waals surface area contributed by atoms with E-state index in [0.717, 1.165) is 22.0 Å². The van der Waals surface area contributed by atoms with E-state index in [2.05, 4.69) is 10.3 Å². The summed E-state index contributed by atoms with van der Waals surface area (Å²) in [6, 6.07) is 20.7. The molecule has 3 N–H and O–H groups in total. The Balaban J connectivity index is 1.24. The summed E-state index contributed by atoms with van der Waals surface area (Å²) in [7, 11) is -1.87. The number of fused-ring (bicyclic) bond motifs is 2. The van der Waals surface area contributed by atoms with E-state index in [0.29, 0.717) is 50.5 Å². The van der Waals surface area contributed by atoms with Gasteiger partial charge in [-0.05, 0) is 43.0 Å². The number of ether oxygens (including phenoxy) is 1. The molecule has 2 aromatic heterocycles. The summed E-state index contributed by atoms with van der Waals surface area (Å²) in [4.78, 5) is 16.2. The molecule has 3 aliphatic rings. The molecule has 1 saturated carbocycles. The zero-order valence-corrected chi connectivity index (χ0v) is 23.2. The number of hydrogen-bond acceptors (Lipinski definition) is 7. The second-order valence-corrected chi connectivity index (χ2v) is 13.2. The molecule has 208 valence electrons. The molecular formula is C30H33N5O4S. The first-order valence-electron chi connectivity index (χ1n) is 13.4. The van der Waals surface area contributed by atoms with E-state index in [4.69, 9.17) is 10.5 Å². The van der Waals surface area contributed by atoms with Gasteiger partial charge in [-0.3, -0.25) is 4.79 Å². The van der Waals surface area contributed by atoms with E-state index >= 15 is 0 Å². The molecule has 4 heterocycles. The van der Waals surface area contributed by atoms with Gasteiger partial charge in [0.1, 0.15) is 11.6 Å². The Hall–Kier alpha value is -3.89. The highest BCUT2D eigenvalue weighted by Crippen LogP contribution is 2.60. The van der Waals surface area contributed by atoms with Crippen LogP contribution < -0.4 is 21.3 Å². The van der Waals surface area contributed by atoms with Gasteiger partial charge in [-0.15, -0.1) is 0 Å². The number of pyridine rings is 2. The van der Waals surface area contributed by atoms with Crippen LogP contribution in [0.25, 0.3) is 10.8 Å². The van der Waals surface area contributed by atoms with Gasteiger partial charge >= 0.3 is 0 Å². The second-order valence-electron chi connectivity index (χ2n) is 11.2. The fourth-order valence-electron chi connectivity index (χ4n) is 6.36. The number of benzene rings is 2. The molecule has 0 unspecified atom stereocenters. The molecule has 10 heteroatoms. The molecule has 0 amide bonds. The molecular weight excluding hydrogens is 526 g/mol. The van der Waals surface area contributed by atoms with Gasteiger partial charge < -0.3 is 20.4 Å². The van der Waals surface area contributed by atoms with Gasteiger partial charge in [-0.25, -0.2) is 13.4 Å². The van der Waals surface area contributed by atoms with Crippen LogP contribution in [0.15, 0.2) is 83.9 Å². The SMILES string of the molecule is Cn1ccc(OCC23CN(S(=O)(=O)CCc4ccccc4)C(CNc4cccc5c(N)nccc45)(C2)C3)cc1=O. The Kier molecular flexibility index (Phi) is 6.54. The van der Waals surface area contributed by atoms with E-state index in [1.165, 1.54) is 10.6 Å². The normalized spacial score (nSPS) is 22.2. The summed E-state index contributed by atoms with van der Waals surface area (Å²) in [5, 5.41) is 5.34. The van der Waals surface area contributed by atoms with Crippen LogP contribution in [-0.2, 0) is 23.5 Å². The molecule has 0 atom stereocenters. The molecule has 2 aromatic carbocycles. The first-order valence-corrected chi connectivity index (χ1v) is 15.0. The molecule has 3 fully saturated rings. The van der Waals surface area contributed by atoms with Crippen molar-refractivity contribution in [2.75, 3.05) is 36.5 Å². The van der Waals surface area contributed by atoms with Gasteiger partial charge in [0.05, 0.1) is 17.9 Å². The number of nitrogens with zero attached hydrogens (tertiary/aromatic N) is 3. The first-order chi connectivity index (χ1) is 19.2. The van der Waals surface area contributed by atoms with Gasteiger partial charge in [0.15, 0.2) is 0 Å². The quantitative estimate of drug-likeness (QED) is 0.306. The highest BCUT2D eigenvalue weighted by molar-refractivity contribution is 7.89. The molecule has 0 radical (unpaired) electrons. The zero-order chi connectivity index (χ0) is 28.0. The topological polar surface area (TPSA) is 120 Å². The van der Waals surface area contributed by atoms with Gasteiger partial charge in [0, 0.05) is 60.5 Å². The number of aromatic nitrogens is 2. The average Bonchev–Trinajstić information content (AvgIpc) is 3.45. The lowest BCUT2D eigenvalue weighted by Gasteiger charge is -2.47. The van der Waals surface area contributed by atoms with Gasteiger partial charge in [0.2, 0.25) is 10.0 Å². The molecule has 40 heavy (non-hydrogen) atoms. The molecule has 4 aromatic rings. The Labute approximate surface area is 233 Å². The molecule has 2 saturated heterocycles.